The van der Waals surface area contributed by atoms with Gasteiger partial charge in [-0.1, -0.05) is 50.6 Å². The largest absolute Gasteiger partial charge is 0.494 e. The number of carbonyl (C=O) groups is 4. The number of esters is 4. The lowest BCUT2D eigenvalue weighted by Crippen LogP contribution is -2.20. The van der Waals surface area contributed by atoms with Gasteiger partial charge in [0, 0.05) is 36.6 Å². The van der Waals surface area contributed by atoms with Gasteiger partial charge < -0.3 is 52.8 Å². The lowest BCUT2D eigenvalue weighted by Gasteiger charge is -2.29. The second kappa shape index (κ2) is 32.9. The van der Waals surface area contributed by atoms with Crippen molar-refractivity contribution in [3.63, 3.8) is 0 Å². The Bertz CT molecular complexity index is 2940. The maximum absolute atomic E-state index is 15.3. The molecule has 5 aromatic rings. The first-order valence-corrected chi connectivity index (χ1v) is 27.7. The van der Waals surface area contributed by atoms with E-state index in [4.69, 9.17) is 42.6 Å². The van der Waals surface area contributed by atoms with Gasteiger partial charge in [0.2, 0.25) is 12.6 Å². The van der Waals surface area contributed by atoms with Crippen molar-refractivity contribution < 1.29 is 76.4 Å². The molecule has 0 heterocycles. The van der Waals surface area contributed by atoms with Crippen molar-refractivity contribution in [2.75, 3.05) is 33.0 Å². The van der Waals surface area contributed by atoms with Crippen molar-refractivity contribution in [2.24, 2.45) is 5.92 Å². The second-order valence-electron chi connectivity index (χ2n) is 20.1. The number of benzene rings is 5. The van der Waals surface area contributed by atoms with E-state index in [-0.39, 0.29) is 65.8 Å². The Labute approximate surface area is 479 Å². The van der Waals surface area contributed by atoms with E-state index in [1.54, 1.807) is 74.5 Å². The zero-order valence-corrected chi connectivity index (χ0v) is 46.9. The molecule has 1 saturated carbocycles. The molecule has 0 radical (unpaired) electrons. The highest BCUT2D eigenvalue weighted by molar-refractivity contribution is 5.91. The Morgan fingerprint density at radius 1 is 0.622 bits per heavy atom. The van der Waals surface area contributed by atoms with Crippen LogP contribution in [0.4, 0.5) is 4.39 Å². The van der Waals surface area contributed by atoms with Gasteiger partial charge in [0.25, 0.3) is 0 Å². The van der Waals surface area contributed by atoms with Gasteiger partial charge in [0.15, 0.2) is 11.5 Å². The average molecular weight is 1130 g/mol. The summed E-state index contributed by atoms with van der Waals surface area (Å²) in [5, 5.41) is 19.7. The second-order valence-corrected chi connectivity index (χ2v) is 20.1. The quantitative estimate of drug-likeness (QED) is 0.00986. The number of rotatable bonds is 34. The summed E-state index contributed by atoms with van der Waals surface area (Å²) < 4.78 is 66.8. The van der Waals surface area contributed by atoms with E-state index in [0.29, 0.717) is 79.5 Å². The average Bonchev–Trinajstić information content (AvgIpc) is 3.50. The first kappa shape index (κ1) is 63.0. The molecule has 2 atom stereocenters. The Morgan fingerprint density at radius 2 is 1.30 bits per heavy atom. The molecule has 0 saturated heterocycles. The maximum Gasteiger partial charge on any atom is 0.343 e. The minimum atomic E-state index is -1.22. The first-order valence-electron chi connectivity index (χ1n) is 27.7. The maximum atomic E-state index is 15.3. The third-order valence-electron chi connectivity index (χ3n) is 13.5. The van der Waals surface area contributed by atoms with Gasteiger partial charge in [-0.15, -0.1) is 0 Å². The minimum Gasteiger partial charge on any atom is -0.494 e. The van der Waals surface area contributed by atoms with Crippen molar-refractivity contribution in [1.29, 1.82) is 0 Å². The van der Waals surface area contributed by atoms with Crippen LogP contribution >= 0.6 is 0 Å². The molecule has 1 fully saturated rings. The predicted molar refractivity (Wildman–Crippen MR) is 308 cm³/mol. The minimum absolute atomic E-state index is 0.0400. The van der Waals surface area contributed by atoms with Gasteiger partial charge in [0.1, 0.15) is 34.6 Å². The molecule has 1 aliphatic rings. The third-order valence-corrected chi connectivity index (χ3v) is 13.5. The topological polar surface area (TPSA) is 192 Å². The fourth-order valence-corrected chi connectivity index (χ4v) is 8.91. The lowest BCUT2D eigenvalue weighted by molar-refractivity contribution is -0.139. The van der Waals surface area contributed by atoms with Crippen LogP contribution in [-0.2, 0) is 43.1 Å². The van der Waals surface area contributed by atoms with E-state index in [2.05, 4.69) is 26.3 Å². The highest BCUT2D eigenvalue weighted by Crippen LogP contribution is 2.39. The summed E-state index contributed by atoms with van der Waals surface area (Å²) in [5.41, 5.74) is 4.36. The van der Waals surface area contributed by atoms with E-state index in [0.717, 1.165) is 74.1 Å². The van der Waals surface area contributed by atoms with Gasteiger partial charge in [-0.25, -0.2) is 18.8 Å². The summed E-state index contributed by atoms with van der Waals surface area (Å²) in [6, 6.07) is 28.6. The molecule has 5 aromatic carbocycles. The standard InChI is InChI=1S/C66H75FO15/c1-7-61(68)76-37-12-10-9-11-36-74-52-27-23-50(24-28-52)66(73)82-59-33-31-56(80-63(70)34-19-46-17-25-53(26-18-46)79-62(69)8-2)42-60(59)75-39-35-51-40-54(29-22-48(51)14-13-38-77-64(71)44(3)4)78-43-47-15-20-49(21-16-47)57-32-30-55(41-58(57)67)81-65(72)45(5)6/h7-8,17-18,22-33,40-42,47,49,62,65,69,72H,1-3,5,9-16,19-21,34-39,43H2,4,6H3. The summed E-state index contributed by atoms with van der Waals surface area (Å²) in [4.78, 5) is 50.2. The van der Waals surface area contributed by atoms with Crippen LogP contribution in [0.2, 0.25) is 0 Å². The van der Waals surface area contributed by atoms with Crippen molar-refractivity contribution in [3.05, 3.63) is 186 Å². The monoisotopic (exact) mass is 1130 g/mol. The molecule has 0 aliphatic heterocycles. The van der Waals surface area contributed by atoms with Crippen LogP contribution in [0, 0.1) is 11.7 Å². The van der Waals surface area contributed by atoms with Crippen molar-refractivity contribution in [2.45, 2.75) is 116 Å². The molecular formula is C66H75FO15. The van der Waals surface area contributed by atoms with Crippen LogP contribution in [-0.4, -0.2) is 79.7 Å². The molecule has 2 N–H and O–H groups in total. The molecule has 0 bridgehead atoms. The third kappa shape index (κ3) is 21.0. The zero-order chi connectivity index (χ0) is 58.8. The molecule has 0 spiro atoms. The molecule has 0 amide bonds. The Morgan fingerprint density at radius 3 is 2.00 bits per heavy atom. The van der Waals surface area contributed by atoms with E-state index in [9.17, 15) is 29.4 Å². The van der Waals surface area contributed by atoms with Crippen LogP contribution in [0.1, 0.15) is 117 Å². The van der Waals surface area contributed by atoms with E-state index >= 15 is 4.39 Å². The number of aliphatic hydroxyl groups is 2. The summed E-state index contributed by atoms with van der Waals surface area (Å²) in [6.45, 7) is 19.0. The van der Waals surface area contributed by atoms with E-state index in [1.165, 1.54) is 30.3 Å². The van der Waals surface area contributed by atoms with Crippen LogP contribution < -0.4 is 33.2 Å². The van der Waals surface area contributed by atoms with Crippen molar-refractivity contribution in [1.82, 2.24) is 0 Å². The Hall–Kier alpha value is -8.21. The lowest BCUT2D eigenvalue weighted by atomic mass is 9.79. The van der Waals surface area contributed by atoms with E-state index in [1.807, 2.05) is 18.2 Å². The predicted octanol–water partition coefficient (Wildman–Crippen LogP) is 12.4. The summed E-state index contributed by atoms with van der Waals surface area (Å²) >= 11 is 0. The van der Waals surface area contributed by atoms with Crippen molar-refractivity contribution in [3.8, 4) is 40.2 Å². The summed E-state index contributed by atoms with van der Waals surface area (Å²) in [7, 11) is 0. The molecule has 1 aliphatic carbocycles. The fraction of sp³-hybridized carbons (Fsp3) is 0.364. The van der Waals surface area contributed by atoms with Crippen LogP contribution in [0.15, 0.2) is 153 Å². The smallest absolute Gasteiger partial charge is 0.343 e. The number of hydrogen-bond donors (Lipinski definition) is 2. The van der Waals surface area contributed by atoms with Crippen molar-refractivity contribution >= 4 is 23.9 Å². The molecule has 16 heteroatoms. The number of ether oxygens (including phenoxy) is 9. The molecule has 2 unspecified atom stereocenters. The number of aliphatic hydroxyl groups excluding tert-OH is 2. The fourth-order valence-electron chi connectivity index (χ4n) is 8.91. The molecule has 82 heavy (non-hydrogen) atoms. The van der Waals surface area contributed by atoms with Crippen LogP contribution in [0.3, 0.4) is 0 Å². The van der Waals surface area contributed by atoms with Gasteiger partial charge in [-0.05, 0) is 197 Å². The van der Waals surface area contributed by atoms with Crippen LogP contribution in [0.25, 0.3) is 0 Å². The first-order chi connectivity index (χ1) is 39.6. The van der Waals surface area contributed by atoms with Gasteiger partial charge in [0.05, 0.1) is 38.6 Å². The van der Waals surface area contributed by atoms with Gasteiger partial charge in [-0.2, -0.15) is 0 Å². The normalized spacial score (nSPS) is 14.5. The SMILES string of the molecule is C=CC(=O)OCCCCCCOc1ccc(C(=O)Oc2ccc(OC(=O)CCc3ccc(OC(O)C=C)cc3)cc2OCCc2cc(OCC3CCC(c4ccc(OC(O)C(=C)C)cc4F)CC3)ccc2CCCOC(=O)C(=C)C)cc1. The van der Waals surface area contributed by atoms with Gasteiger partial charge in [-0.3, -0.25) is 4.79 Å². The highest BCUT2D eigenvalue weighted by Gasteiger charge is 2.26. The highest BCUT2D eigenvalue weighted by atomic mass is 19.1. The van der Waals surface area contributed by atoms with E-state index < -0.39 is 36.5 Å². The molecular weight excluding hydrogens is 1050 g/mol. The molecule has 0 aromatic heterocycles. The number of aryl methyl sites for hydroxylation is 2. The Balaban J connectivity index is 1.11. The molecule has 15 nitrogen and oxygen atoms in total. The number of hydrogen-bond acceptors (Lipinski definition) is 15. The molecule has 6 rings (SSSR count). The zero-order valence-electron chi connectivity index (χ0n) is 46.9. The van der Waals surface area contributed by atoms with Gasteiger partial charge >= 0.3 is 23.9 Å². The number of carbonyl (C=O) groups excluding carboxylic acids is 4. The summed E-state index contributed by atoms with van der Waals surface area (Å²) in [5.74, 6) is 0.174. The van der Waals surface area contributed by atoms with Crippen LogP contribution in [0.5, 0.6) is 40.2 Å². The number of unbranched alkanes of at least 4 members (excludes halogenated alkanes) is 3. The molecule has 436 valence electrons. The summed E-state index contributed by atoms with van der Waals surface area (Å²) in [6.07, 6.45) is 8.49. The number of halogens is 1. The Kier molecular flexibility index (Phi) is 25.3.